The molecule has 27 heavy (non-hydrogen) atoms. The number of phenolic OH excluding ortho intramolecular Hbond substituents is 1. The highest BCUT2D eigenvalue weighted by atomic mass is 35.5. The molecule has 1 N–H and O–H groups in total. The van der Waals surface area contributed by atoms with Gasteiger partial charge in [0, 0.05) is 22.3 Å². The number of halogens is 4. The average molecular weight is 392 g/mol. The van der Waals surface area contributed by atoms with Gasteiger partial charge in [-0.15, -0.1) is 0 Å². The minimum Gasteiger partial charge on any atom is -0.507 e. The summed E-state index contributed by atoms with van der Waals surface area (Å²) in [6.45, 7) is 1.71. The third-order valence-electron chi connectivity index (χ3n) is 4.06. The van der Waals surface area contributed by atoms with E-state index in [9.17, 15) is 23.1 Å². The van der Waals surface area contributed by atoms with Gasteiger partial charge in [0.25, 0.3) is 0 Å². The van der Waals surface area contributed by atoms with Gasteiger partial charge in [-0.25, -0.2) is 0 Å². The summed E-state index contributed by atoms with van der Waals surface area (Å²) in [7, 11) is 0. The first-order valence-corrected chi connectivity index (χ1v) is 8.22. The second-order valence-electron chi connectivity index (χ2n) is 5.95. The fourth-order valence-electron chi connectivity index (χ4n) is 2.53. The van der Waals surface area contributed by atoms with E-state index in [4.69, 9.17) is 11.6 Å². The molecule has 2 aromatic carbocycles. The number of pyridine rings is 1. The number of alkyl halides is 3. The van der Waals surface area contributed by atoms with Crippen LogP contribution in [0.15, 0.2) is 54.7 Å². The van der Waals surface area contributed by atoms with Crippen LogP contribution in [-0.4, -0.2) is 15.9 Å². The molecule has 3 rings (SSSR count). The molecule has 0 unspecified atom stereocenters. The van der Waals surface area contributed by atoms with Gasteiger partial charge in [-0.2, -0.15) is 13.2 Å². The number of aromatic hydroxyl groups is 1. The van der Waals surface area contributed by atoms with Crippen LogP contribution in [0.5, 0.6) is 5.75 Å². The van der Waals surface area contributed by atoms with Crippen molar-refractivity contribution >= 4 is 17.4 Å². The van der Waals surface area contributed by atoms with Crippen molar-refractivity contribution in [2.24, 2.45) is 0 Å². The van der Waals surface area contributed by atoms with Crippen LogP contribution in [0.1, 0.15) is 27.0 Å². The van der Waals surface area contributed by atoms with Crippen molar-refractivity contribution in [3.8, 4) is 17.0 Å². The molecular weight excluding hydrogens is 379 g/mol. The summed E-state index contributed by atoms with van der Waals surface area (Å²) in [5.74, 6) is -0.644. The number of carbonyl (C=O) groups is 1. The number of hydrogen-bond donors (Lipinski definition) is 1. The molecule has 0 atom stereocenters. The van der Waals surface area contributed by atoms with Gasteiger partial charge in [-0.05, 0) is 48.9 Å². The Balaban J connectivity index is 1.87. The Bertz CT molecular complexity index is 997. The topological polar surface area (TPSA) is 50.2 Å². The number of carbonyl (C=O) groups excluding carboxylic acids is 1. The van der Waals surface area contributed by atoms with Crippen molar-refractivity contribution in [2.45, 2.75) is 13.1 Å². The maximum Gasteiger partial charge on any atom is 0.416 e. The smallest absolute Gasteiger partial charge is 0.416 e. The van der Waals surface area contributed by atoms with Gasteiger partial charge in [0.2, 0.25) is 0 Å². The zero-order valence-electron chi connectivity index (χ0n) is 14.0. The normalized spacial score (nSPS) is 11.4. The number of nitrogens with zero attached hydrogens (tertiary/aromatic N) is 1. The van der Waals surface area contributed by atoms with Crippen molar-refractivity contribution in [1.29, 1.82) is 0 Å². The van der Waals surface area contributed by atoms with Gasteiger partial charge < -0.3 is 5.11 Å². The van der Waals surface area contributed by atoms with Crippen LogP contribution in [0, 0.1) is 6.92 Å². The van der Waals surface area contributed by atoms with Crippen molar-refractivity contribution in [3.63, 3.8) is 0 Å². The van der Waals surface area contributed by atoms with Crippen molar-refractivity contribution in [2.75, 3.05) is 0 Å². The Labute approximate surface area is 158 Å². The highest BCUT2D eigenvalue weighted by Gasteiger charge is 2.30. The molecule has 0 bridgehead atoms. The van der Waals surface area contributed by atoms with Gasteiger partial charge in [0.15, 0.2) is 5.78 Å². The molecule has 3 aromatic rings. The summed E-state index contributed by atoms with van der Waals surface area (Å²) >= 11 is 6.01. The molecule has 1 aromatic heterocycles. The van der Waals surface area contributed by atoms with Crippen molar-refractivity contribution < 1.29 is 23.1 Å². The first kappa shape index (κ1) is 18.9. The summed E-state index contributed by atoms with van der Waals surface area (Å²) in [6.07, 6.45) is -3.10. The van der Waals surface area contributed by atoms with Crippen molar-refractivity contribution in [1.82, 2.24) is 4.98 Å². The second-order valence-corrected chi connectivity index (χ2v) is 6.36. The molecule has 0 amide bonds. The highest BCUT2D eigenvalue weighted by molar-refractivity contribution is 6.32. The van der Waals surface area contributed by atoms with E-state index >= 15 is 0 Å². The first-order chi connectivity index (χ1) is 12.7. The Morgan fingerprint density at radius 3 is 2.30 bits per heavy atom. The van der Waals surface area contributed by atoms with E-state index in [1.165, 1.54) is 42.6 Å². The molecule has 138 valence electrons. The lowest BCUT2D eigenvalue weighted by molar-refractivity contribution is -0.137. The van der Waals surface area contributed by atoms with Gasteiger partial charge in [0.05, 0.1) is 16.8 Å². The predicted molar refractivity (Wildman–Crippen MR) is 96.0 cm³/mol. The van der Waals surface area contributed by atoms with E-state index in [0.717, 1.165) is 12.1 Å². The number of benzene rings is 2. The summed E-state index contributed by atoms with van der Waals surface area (Å²) in [5.41, 5.74) is 1.08. The molecule has 0 spiro atoms. The molecule has 0 saturated heterocycles. The minimum atomic E-state index is -4.40. The van der Waals surface area contributed by atoms with Gasteiger partial charge in [-0.1, -0.05) is 23.7 Å². The Kier molecular flexibility index (Phi) is 4.93. The standard InChI is InChI=1S/C20H13ClF3NO2/c1-11-8-18(26)15(9-16(11)21)19(27)13-4-7-17(25-10-13)12-2-5-14(6-3-12)20(22,23)24/h2-10,26H,1H3. The van der Waals surface area contributed by atoms with Crippen LogP contribution in [0.2, 0.25) is 5.02 Å². The third kappa shape index (κ3) is 3.95. The molecule has 0 aliphatic carbocycles. The van der Waals surface area contributed by atoms with Gasteiger partial charge in [0.1, 0.15) is 5.75 Å². The maximum atomic E-state index is 12.6. The molecule has 0 aliphatic heterocycles. The van der Waals surface area contributed by atoms with Crippen molar-refractivity contribution in [3.05, 3.63) is 82.0 Å². The number of ketones is 1. The quantitative estimate of drug-likeness (QED) is 0.585. The Morgan fingerprint density at radius 1 is 1.07 bits per heavy atom. The van der Waals surface area contributed by atoms with Gasteiger partial charge >= 0.3 is 6.18 Å². The lowest BCUT2D eigenvalue weighted by Gasteiger charge is -2.09. The lowest BCUT2D eigenvalue weighted by atomic mass is 10.0. The zero-order chi connectivity index (χ0) is 19.8. The average Bonchev–Trinajstić information content (AvgIpc) is 2.64. The summed E-state index contributed by atoms with van der Waals surface area (Å²) in [4.78, 5) is 16.7. The molecule has 0 radical (unpaired) electrons. The number of hydrogen-bond acceptors (Lipinski definition) is 3. The van der Waals surface area contributed by atoms with Crippen LogP contribution < -0.4 is 0 Å². The highest BCUT2D eigenvalue weighted by Crippen LogP contribution is 2.31. The van der Waals surface area contributed by atoms with E-state index in [1.807, 2.05) is 0 Å². The van der Waals surface area contributed by atoms with Crippen LogP contribution in [0.25, 0.3) is 11.3 Å². The molecule has 0 aliphatic rings. The number of phenols is 1. The molecule has 0 saturated carbocycles. The summed E-state index contributed by atoms with van der Waals surface area (Å²) in [5, 5.41) is 10.3. The van der Waals surface area contributed by atoms with Crippen LogP contribution in [0.3, 0.4) is 0 Å². The predicted octanol–water partition coefficient (Wildman–Crippen LogP) is 5.67. The van der Waals surface area contributed by atoms with Gasteiger partial charge in [-0.3, -0.25) is 9.78 Å². The van der Waals surface area contributed by atoms with E-state index in [1.54, 1.807) is 6.92 Å². The zero-order valence-corrected chi connectivity index (χ0v) is 14.8. The lowest BCUT2D eigenvalue weighted by Crippen LogP contribution is -2.04. The minimum absolute atomic E-state index is 0.0506. The molecular formula is C20H13ClF3NO2. The summed E-state index contributed by atoms with van der Waals surface area (Å²) < 4.78 is 37.9. The maximum absolute atomic E-state index is 12.6. The largest absolute Gasteiger partial charge is 0.507 e. The Hall–Kier alpha value is -2.86. The number of aryl methyl sites for hydroxylation is 1. The fourth-order valence-corrected chi connectivity index (χ4v) is 2.70. The van der Waals surface area contributed by atoms with E-state index < -0.39 is 17.5 Å². The third-order valence-corrected chi connectivity index (χ3v) is 4.46. The van der Waals surface area contributed by atoms with E-state index in [0.29, 0.717) is 21.8 Å². The Morgan fingerprint density at radius 2 is 1.74 bits per heavy atom. The molecule has 1 heterocycles. The monoisotopic (exact) mass is 391 g/mol. The fraction of sp³-hybridized carbons (Fsp3) is 0.100. The molecule has 0 fully saturated rings. The number of rotatable bonds is 3. The first-order valence-electron chi connectivity index (χ1n) is 7.84. The SMILES string of the molecule is Cc1cc(O)c(C(=O)c2ccc(-c3ccc(C(F)(F)F)cc3)nc2)cc1Cl. The van der Waals surface area contributed by atoms with Crippen LogP contribution in [-0.2, 0) is 6.18 Å². The van der Waals surface area contributed by atoms with Crippen LogP contribution in [0.4, 0.5) is 13.2 Å². The summed E-state index contributed by atoms with van der Waals surface area (Å²) in [6, 6.07) is 10.4. The second kappa shape index (κ2) is 7.04. The van der Waals surface area contributed by atoms with E-state index in [2.05, 4.69) is 4.98 Å². The molecule has 7 heteroatoms. The number of aromatic nitrogens is 1. The molecule has 3 nitrogen and oxygen atoms in total. The van der Waals surface area contributed by atoms with E-state index in [-0.39, 0.29) is 16.9 Å². The van der Waals surface area contributed by atoms with Crippen LogP contribution >= 0.6 is 11.6 Å².